The maximum Gasteiger partial charge on any atom is 0.317 e. The number of rotatable bonds is 7. The number of carbonyl (C=O) groups excluding carboxylic acids is 1. The first-order valence-electron chi connectivity index (χ1n) is 6.42. The van der Waals surface area contributed by atoms with Gasteiger partial charge in [0.15, 0.2) is 0 Å². The van der Waals surface area contributed by atoms with E-state index < -0.39 is 5.97 Å². The highest BCUT2D eigenvalue weighted by Gasteiger charge is 2.13. The van der Waals surface area contributed by atoms with Crippen LogP contribution in [0.15, 0.2) is 18.2 Å². The minimum absolute atomic E-state index is 0.0473. The molecule has 0 aromatic heterocycles. The van der Waals surface area contributed by atoms with Crippen LogP contribution in [-0.4, -0.2) is 41.5 Å². The highest BCUT2D eigenvalue weighted by Crippen LogP contribution is 2.19. The fourth-order valence-electron chi connectivity index (χ4n) is 1.80. The predicted octanol–water partition coefficient (Wildman–Crippen LogP) is 2.38. The van der Waals surface area contributed by atoms with Gasteiger partial charge in [-0.2, -0.15) is 0 Å². The number of carboxylic acid groups (broad SMARTS) is 1. The average Bonchev–Trinajstić information content (AvgIpc) is 2.33. The molecule has 0 fully saturated rings. The van der Waals surface area contributed by atoms with Crippen LogP contribution >= 0.6 is 11.6 Å². The molecule has 0 atom stereocenters. The molecule has 0 spiro atoms. The number of aryl methyl sites for hydroxylation is 1. The van der Waals surface area contributed by atoms with Crippen molar-refractivity contribution >= 4 is 29.2 Å². The van der Waals surface area contributed by atoms with Gasteiger partial charge < -0.3 is 10.4 Å². The summed E-state index contributed by atoms with van der Waals surface area (Å²) in [6.07, 6.45) is 0.789. The zero-order chi connectivity index (χ0) is 15.1. The van der Waals surface area contributed by atoms with Crippen molar-refractivity contribution in [2.75, 3.05) is 25.0 Å². The van der Waals surface area contributed by atoms with E-state index in [2.05, 4.69) is 5.32 Å². The summed E-state index contributed by atoms with van der Waals surface area (Å²) in [6.45, 7) is 4.28. The summed E-state index contributed by atoms with van der Waals surface area (Å²) in [7, 11) is 0. The molecule has 1 rings (SSSR count). The Morgan fingerprint density at radius 1 is 1.35 bits per heavy atom. The number of anilines is 1. The van der Waals surface area contributed by atoms with Crippen molar-refractivity contribution in [2.45, 2.75) is 20.3 Å². The molecule has 0 bridgehead atoms. The van der Waals surface area contributed by atoms with E-state index in [0.29, 0.717) is 17.3 Å². The number of nitrogens with zero attached hydrogens (tertiary/aromatic N) is 1. The second-order valence-electron chi connectivity index (χ2n) is 4.62. The van der Waals surface area contributed by atoms with Gasteiger partial charge >= 0.3 is 5.97 Å². The Morgan fingerprint density at radius 3 is 2.60 bits per heavy atom. The van der Waals surface area contributed by atoms with Crippen LogP contribution in [0.1, 0.15) is 18.9 Å². The van der Waals surface area contributed by atoms with Crippen LogP contribution in [0, 0.1) is 6.92 Å². The highest BCUT2D eigenvalue weighted by molar-refractivity contribution is 6.31. The number of amides is 1. The Bertz CT molecular complexity index is 491. The van der Waals surface area contributed by atoms with Gasteiger partial charge in [0.1, 0.15) is 0 Å². The second kappa shape index (κ2) is 7.87. The Morgan fingerprint density at radius 2 is 2.05 bits per heavy atom. The Hall–Kier alpha value is -1.59. The van der Waals surface area contributed by atoms with Crippen LogP contribution in [-0.2, 0) is 9.59 Å². The fourth-order valence-corrected chi connectivity index (χ4v) is 1.98. The molecule has 0 aliphatic heterocycles. The molecule has 20 heavy (non-hydrogen) atoms. The molecule has 0 unspecified atom stereocenters. The summed E-state index contributed by atoms with van der Waals surface area (Å²) < 4.78 is 0. The number of aliphatic carboxylic acids is 1. The lowest BCUT2D eigenvalue weighted by molar-refractivity contribution is -0.138. The standard InChI is InChI=1S/C14H19ClN2O3/c1-3-6-17(9-14(19)20)8-13(18)16-11-5-4-10(2)12(15)7-11/h4-5,7H,3,6,8-9H2,1-2H3,(H,16,18)(H,19,20). The van der Waals surface area contributed by atoms with E-state index in [1.807, 2.05) is 19.9 Å². The number of benzene rings is 1. The number of nitrogens with one attached hydrogen (secondary N) is 1. The lowest BCUT2D eigenvalue weighted by Crippen LogP contribution is -2.37. The summed E-state index contributed by atoms with van der Waals surface area (Å²) in [4.78, 5) is 24.2. The van der Waals surface area contributed by atoms with Crippen LogP contribution in [0.5, 0.6) is 0 Å². The maximum atomic E-state index is 11.9. The molecule has 0 saturated heterocycles. The van der Waals surface area contributed by atoms with Gasteiger partial charge in [-0.25, -0.2) is 0 Å². The quantitative estimate of drug-likeness (QED) is 0.811. The summed E-state index contributed by atoms with van der Waals surface area (Å²) in [5.41, 5.74) is 1.54. The number of halogens is 1. The zero-order valence-electron chi connectivity index (χ0n) is 11.6. The number of carbonyl (C=O) groups is 2. The fraction of sp³-hybridized carbons (Fsp3) is 0.429. The van der Waals surface area contributed by atoms with Crippen molar-refractivity contribution in [2.24, 2.45) is 0 Å². The minimum Gasteiger partial charge on any atom is -0.480 e. The van der Waals surface area contributed by atoms with E-state index >= 15 is 0 Å². The molecular weight excluding hydrogens is 280 g/mol. The number of hydrogen-bond acceptors (Lipinski definition) is 3. The topological polar surface area (TPSA) is 69.6 Å². The smallest absolute Gasteiger partial charge is 0.317 e. The van der Waals surface area contributed by atoms with Crippen LogP contribution in [0.25, 0.3) is 0 Å². The lowest BCUT2D eigenvalue weighted by Gasteiger charge is -2.18. The van der Waals surface area contributed by atoms with Crippen LogP contribution in [0.4, 0.5) is 5.69 Å². The Balaban J connectivity index is 2.60. The van der Waals surface area contributed by atoms with Crippen molar-refractivity contribution in [1.29, 1.82) is 0 Å². The first-order chi connectivity index (χ1) is 9.42. The molecule has 1 amide bonds. The van der Waals surface area contributed by atoms with Crippen molar-refractivity contribution in [3.05, 3.63) is 28.8 Å². The van der Waals surface area contributed by atoms with Crippen molar-refractivity contribution < 1.29 is 14.7 Å². The van der Waals surface area contributed by atoms with Gasteiger partial charge in [-0.15, -0.1) is 0 Å². The van der Waals surface area contributed by atoms with Crippen LogP contribution in [0.3, 0.4) is 0 Å². The van der Waals surface area contributed by atoms with Gasteiger partial charge in [-0.1, -0.05) is 24.6 Å². The van der Waals surface area contributed by atoms with Crippen molar-refractivity contribution in [3.8, 4) is 0 Å². The van der Waals surface area contributed by atoms with Gasteiger partial charge in [0.05, 0.1) is 13.1 Å². The Labute approximate surface area is 123 Å². The SMILES string of the molecule is CCCN(CC(=O)O)CC(=O)Nc1ccc(C)c(Cl)c1. The summed E-state index contributed by atoms with van der Waals surface area (Å²) in [5, 5.41) is 12.1. The van der Waals surface area contributed by atoms with Gasteiger partial charge in [0.25, 0.3) is 0 Å². The molecule has 2 N–H and O–H groups in total. The first kappa shape index (κ1) is 16.5. The van der Waals surface area contributed by atoms with Gasteiger partial charge in [-0.05, 0) is 37.6 Å². The zero-order valence-corrected chi connectivity index (χ0v) is 12.4. The van der Waals surface area contributed by atoms with Gasteiger partial charge in [-0.3, -0.25) is 14.5 Å². The van der Waals surface area contributed by atoms with Gasteiger partial charge in [0.2, 0.25) is 5.91 Å². The van der Waals surface area contributed by atoms with Crippen LogP contribution < -0.4 is 5.32 Å². The third-order valence-electron chi connectivity index (χ3n) is 2.72. The second-order valence-corrected chi connectivity index (χ2v) is 5.02. The normalized spacial score (nSPS) is 10.6. The van der Waals surface area contributed by atoms with Crippen LogP contribution in [0.2, 0.25) is 5.02 Å². The number of hydrogen-bond donors (Lipinski definition) is 2. The van der Waals surface area contributed by atoms with E-state index in [-0.39, 0.29) is 19.0 Å². The maximum absolute atomic E-state index is 11.9. The summed E-state index contributed by atoms with van der Waals surface area (Å²) >= 11 is 5.98. The molecule has 0 heterocycles. The van der Waals surface area contributed by atoms with Crippen molar-refractivity contribution in [1.82, 2.24) is 4.90 Å². The molecule has 0 aliphatic carbocycles. The molecule has 1 aromatic rings. The Kier molecular flexibility index (Phi) is 6.48. The summed E-state index contributed by atoms with van der Waals surface area (Å²) in [5.74, 6) is -1.19. The number of carboxylic acids is 1. The molecule has 6 heteroatoms. The molecular formula is C14H19ClN2O3. The molecule has 0 aliphatic rings. The monoisotopic (exact) mass is 298 g/mol. The van der Waals surface area contributed by atoms with Crippen molar-refractivity contribution in [3.63, 3.8) is 0 Å². The lowest BCUT2D eigenvalue weighted by atomic mass is 10.2. The van der Waals surface area contributed by atoms with E-state index in [4.69, 9.17) is 16.7 Å². The molecule has 0 saturated carbocycles. The summed E-state index contributed by atoms with van der Waals surface area (Å²) in [6, 6.07) is 5.26. The molecule has 0 radical (unpaired) electrons. The van der Waals surface area contributed by atoms with E-state index in [0.717, 1.165) is 12.0 Å². The molecule has 5 nitrogen and oxygen atoms in total. The minimum atomic E-state index is -0.940. The van der Waals surface area contributed by atoms with E-state index in [9.17, 15) is 9.59 Å². The third kappa shape index (κ3) is 5.59. The predicted molar refractivity (Wildman–Crippen MR) is 79.2 cm³/mol. The van der Waals surface area contributed by atoms with E-state index in [1.54, 1.807) is 17.0 Å². The molecule has 110 valence electrons. The first-order valence-corrected chi connectivity index (χ1v) is 6.80. The third-order valence-corrected chi connectivity index (χ3v) is 3.13. The largest absolute Gasteiger partial charge is 0.480 e. The van der Waals surface area contributed by atoms with E-state index in [1.165, 1.54) is 0 Å². The highest BCUT2D eigenvalue weighted by atomic mass is 35.5. The van der Waals surface area contributed by atoms with Gasteiger partial charge in [0, 0.05) is 10.7 Å². The molecule has 1 aromatic carbocycles. The average molecular weight is 299 g/mol.